The van der Waals surface area contributed by atoms with E-state index in [2.05, 4.69) is 168 Å². The number of nitrogens with zero attached hydrogens (tertiary/aromatic N) is 3. The van der Waals surface area contributed by atoms with Gasteiger partial charge in [0.1, 0.15) is 0 Å². The Kier molecular flexibility index (Phi) is 5.83. The van der Waals surface area contributed by atoms with Crippen LogP contribution in [0.15, 0.2) is 164 Å². The van der Waals surface area contributed by atoms with E-state index in [0.717, 1.165) is 50.0 Å². The lowest BCUT2D eigenvalue weighted by molar-refractivity contribution is 1.20. The van der Waals surface area contributed by atoms with Crippen molar-refractivity contribution in [1.82, 2.24) is 14.5 Å². The van der Waals surface area contributed by atoms with Crippen LogP contribution < -0.4 is 0 Å². The number of benzene rings is 8. The maximum atomic E-state index is 5.38. The monoisotopic (exact) mass is 653 g/mol. The van der Waals surface area contributed by atoms with E-state index in [1.54, 1.807) is 0 Å². The molecule has 0 amide bonds. The van der Waals surface area contributed by atoms with Crippen molar-refractivity contribution >= 4 is 85.8 Å². The minimum Gasteiger partial charge on any atom is -0.307 e. The highest BCUT2D eigenvalue weighted by molar-refractivity contribution is 7.26. The van der Waals surface area contributed by atoms with Crippen LogP contribution in [-0.2, 0) is 0 Å². The number of aromatic nitrogens is 3. The number of hydrogen-bond donors (Lipinski definition) is 0. The van der Waals surface area contributed by atoms with Crippen molar-refractivity contribution in [3.05, 3.63) is 164 Å². The molecular weight excluding hydrogens is 627 g/mol. The molecule has 50 heavy (non-hydrogen) atoms. The standard InChI is InChI=1S/C46H27N3S/c1-2-14-29-28(12-1)13-11-20-34(29)43-38-19-5-8-21-39(38)47-46(48-43)37-26-27-41(31-16-4-3-15-30(31)37)49-40-22-9-6-17-32(40)35-24-25-36-33-18-7-10-23-42(33)50-45(36)44(35)49/h1-27H. The van der Waals surface area contributed by atoms with Crippen LogP contribution in [0.25, 0.3) is 103 Å². The number of hydrogen-bond acceptors (Lipinski definition) is 3. The third kappa shape index (κ3) is 3.91. The molecule has 4 heteroatoms. The van der Waals surface area contributed by atoms with E-state index in [1.165, 1.54) is 52.8 Å². The van der Waals surface area contributed by atoms with Gasteiger partial charge in [-0.15, -0.1) is 11.3 Å². The number of para-hydroxylation sites is 2. The predicted molar refractivity (Wildman–Crippen MR) is 213 cm³/mol. The molecule has 0 aliphatic rings. The first-order chi connectivity index (χ1) is 24.8. The Hall–Kier alpha value is -6.36. The van der Waals surface area contributed by atoms with E-state index in [0.29, 0.717) is 0 Å². The molecule has 0 unspecified atom stereocenters. The van der Waals surface area contributed by atoms with Crippen molar-refractivity contribution in [2.24, 2.45) is 0 Å². The van der Waals surface area contributed by atoms with E-state index in [1.807, 2.05) is 11.3 Å². The molecule has 8 aromatic carbocycles. The maximum Gasteiger partial charge on any atom is 0.161 e. The van der Waals surface area contributed by atoms with Gasteiger partial charge in [-0.3, -0.25) is 0 Å². The smallest absolute Gasteiger partial charge is 0.161 e. The molecule has 0 radical (unpaired) electrons. The number of fused-ring (bicyclic) bond motifs is 10. The summed E-state index contributed by atoms with van der Waals surface area (Å²) in [6.07, 6.45) is 0. The van der Waals surface area contributed by atoms with Crippen LogP contribution in [0.2, 0.25) is 0 Å². The van der Waals surface area contributed by atoms with Crippen LogP contribution in [0.1, 0.15) is 0 Å². The molecule has 3 aromatic heterocycles. The molecule has 11 aromatic rings. The van der Waals surface area contributed by atoms with Crippen LogP contribution in [0.4, 0.5) is 0 Å². The molecule has 0 N–H and O–H groups in total. The zero-order chi connectivity index (χ0) is 32.8. The Labute approximate surface area is 291 Å². The molecule has 0 saturated carbocycles. The maximum absolute atomic E-state index is 5.38. The highest BCUT2D eigenvalue weighted by atomic mass is 32.1. The van der Waals surface area contributed by atoms with Gasteiger partial charge in [0, 0.05) is 48.1 Å². The Morgan fingerprint density at radius 1 is 0.420 bits per heavy atom. The molecule has 0 atom stereocenters. The van der Waals surface area contributed by atoms with Crippen molar-refractivity contribution in [1.29, 1.82) is 0 Å². The molecular formula is C46H27N3S. The summed E-state index contributed by atoms with van der Waals surface area (Å²) in [4.78, 5) is 10.6. The number of thiophene rings is 1. The molecule has 3 nitrogen and oxygen atoms in total. The van der Waals surface area contributed by atoms with Gasteiger partial charge in [0.2, 0.25) is 0 Å². The zero-order valence-electron chi connectivity index (χ0n) is 26.8. The minimum atomic E-state index is 0.725. The van der Waals surface area contributed by atoms with Crippen molar-refractivity contribution in [3.63, 3.8) is 0 Å². The molecule has 0 fully saturated rings. The van der Waals surface area contributed by atoms with Crippen LogP contribution in [-0.4, -0.2) is 14.5 Å². The number of rotatable bonds is 3. The van der Waals surface area contributed by atoms with Crippen LogP contribution in [0.3, 0.4) is 0 Å². The lowest BCUT2D eigenvalue weighted by Gasteiger charge is -2.16. The van der Waals surface area contributed by atoms with Gasteiger partial charge < -0.3 is 4.57 Å². The Balaban J connectivity index is 1.21. The molecule has 11 rings (SSSR count). The fraction of sp³-hybridized carbons (Fsp3) is 0. The Morgan fingerprint density at radius 3 is 2.00 bits per heavy atom. The summed E-state index contributed by atoms with van der Waals surface area (Å²) in [5.74, 6) is 0.725. The van der Waals surface area contributed by atoms with Crippen LogP contribution in [0, 0.1) is 0 Å². The van der Waals surface area contributed by atoms with Crippen LogP contribution in [0.5, 0.6) is 0 Å². The summed E-state index contributed by atoms with van der Waals surface area (Å²) in [7, 11) is 0. The second-order valence-electron chi connectivity index (χ2n) is 12.9. The SMILES string of the molecule is c1ccc2c(-c3nc(-c4ccc(-n5c6ccccc6c6ccc7c8ccccc8sc7c65)c5ccccc45)nc4ccccc34)cccc2c1. The fourth-order valence-corrected chi connectivity index (χ4v) is 9.23. The third-order valence-electron chi connectivity index (χ3n) is 10.2. The van der Waals surface area contributed by atoms with Crippen LogP contribution >= 0.6 is 11.3 Å². The second-order valence-corrected chi connectivity index (χ2v) is 14.0. The topological polar surface area (TPSA) is 30.7 Å². The van der Waals surface area contributed by atoms with Gasteiger partial charge in [-0.05, 0) is 46.5 Å². The zero-order valence-corrected chi connectivity index (χ0v) is 27.7. The van der Waals surface area contributed by atoms with Gasteiger partial charge in [-0.1, -0.05) is 133 Å². The summed E-state index contributed by atoms with van der Waals surface area (Å²) in [5, 5.41) is 10.8. The highest BCUT2D eigenvalue weighted by Gasteiger charge is 2.21. The van der Waals surface area contributed by atoms with E-state index >= 15 is 0 Å². The molecule has 0 saturated heterocycles. The van der Waals surface area contributed by atoms with Gasteiger partial charge in [-0.2, -0.15) is 0 Å². The first-order valence-corrected chi connectivity index (χ1v) is 17.7. The lowest BCUT2D eigenvalue weighted by Crippen LogP contribution is -1.99. The van der Waals surface area contributed by atoms with Gasteiger partial charge in [-0.25, -0.2) is 9.97 Å². The van der Waals surface area contributed by atoms with E-state index in [4.69, 9.17) is 9.97 Å². The summed E-state index contributed by atoms with van der Waals surface area (Å²) in [6, 6.07) is 58.7. The van der Waals surface area contributed by atoms with Gasteiger partial charge in [0.25, 0.3) is 0 Å². The molecule has 0 aliphatic carbocycles. The van der Waals surface area contributed by atoms with Crippen molar-refractivity contribution in [2.45, 2.75) is 0 Å². The highest BCUT2D eigenvalue weighted by Crippen LogP contribution is 2.44. The van der Waals surface area contributed by atoms with E-state index in [9.17, 15) is 0 Å². The normalized spacial score (nSPS) is 12.0. The van der Waals surface area contributed by atoms with Gasteiger partial charge in [0.05, 0.1) is 32.6 Å². The average Bonchev–Trinajstić information content (AvgIpc) is 3.73. The summed E-state index contributed by atoms with van der Waals surface area (Å²) in [6.45, 7) is 0. The predicted octanol–water partition coefficient (Wildman–Crippen LogP) is 12.7. The molecule has 0 aliphatic heterocycles. The largest absolute Gasteiger partial charge is 0.307 e. The van der Waals surface area contributed by atoms with Crippen molar-refractivity contribution in [2.75, 3.05) is 0 Å². The first-order valence-electron chi connectivity index (χ1n) is 16.9. The molecule has 232 valence electrons. The minimum absolute atomic E-state index is 0.725. The first kappa shape index (κ1) is 27.6. The van der Waals surface area contributed by atoms with E-state index in [-0.39, 0.29) is 0 Å². The summed E-state index contributed by atoms with van der Waals surface area (Å²) < 4.78 is 5.10. The van der Waals surface area contributed by atoms with Crippen molar-refractivity contribution < 1.29 is 0 Å². The second kappa shape index (κ2) is 10.6. The molecule has 0 bridgehead atoms. The van der Waals surface area contributed by atoms with E-state index < -0.39 is 0 Å². The fourth-order valence-electron chi connectivity index (χ4n) is 7.99. The molecule has 3 heterocycles. The quantitative estimate of drug-likeness (QED) is 0.190. The molecule has 0 spiro atoms. The Bertz CT molecular complexity index is 3160. The van der Waals surface area contributed by atoms with Crippen molar-refractivity contribution in [3.8, 4) is 28.3 Å². The Morgan fingerprint density at radius 2 is 1.10 bits per heavy atom. The summed E-state index contributed by atoms with van der Waals surface area (Å²) in [5.41, 5.74) is 7.61. The third-order valence-corrected chi connectivity index (χ3v) is 11.4. The van der Waals surface area contributed by atoms with Gasteiger partial charge >= 0.3 is 0 Å². The lowest BCUT2D eigenvalue weighted by atomic mass is 9.98. The average molecular weight is 654 g/mol. The van der Waals surface area contributed by atoms with Gasteiger partial charge in [0.15, 0.2) is 5.82 Å². The summed E-state index contributed by atoms with van der Waals surface area (Å²) >= 11 is 1.88.